The zero-order valence-corrected chi connectivity index (χ0v) is 9.12. The van der Waals surface area contributed by atoms with Gasteiger partial charge in [-0.1, -0.05) is 0 Å². The number of carbonyl (C=O) groups excluding carboxylic acids is 3. The predicted molar refractivity (Wildman–Crippen MR) is 57.2 cm³/mol. The Morgan fingerprint density at radius 3 is 2.81 bits per heavy atom. The van der Waals surface area contributed by atoms with E-state index in [0.717, 1.165) is 12.8 Å². The number of nitrogens with two attached hydrogens (primary N) is 1. The van der Waals surface area contributed by atoms with Crippen LogP contribution in [-0.4, -0.2) is 30.3 Å². The Bertz CT molecular complexity index is 291. The minimum absolute atomic E-state index is 0.164. The normalized spacial score (nSPS) is 20.4. The molecule has 0 saturated carbocycles. The molecule has 6 heteroatoms. The van der Waals surface area contributed by atoms with Crippen LogP contribution in [0.15, 0.2) is 0 Å². The number of piperidine rings is 1. The molecule has 0 bridgehead atoms. The molecule has 1 aliphatic heterocycles. The maximum atomic E-state index is 11.4. The van der Waals surface area contributed by atoms with Crippen molar-refractivity contribution in [1.82, 2.24) is 10.6 Å². The van der Waals surface area contributed by atoms with Crippen LogP contribution in [0.25, 0.3) is 0 Å². The lowest BCUT2D eigenvalue weighted by Gasteiger charge is -2.21. The second-order valence-corrected chi connectivity index (χ2v) is 3.82. The number of hydrogen-bond donors (Lipinski definition) is 3. The number of amides is 3. The first-order valence-corrected chi connectivity index (χ1v) is 5.46. The first kappa shape index (κ1) is 12.6. The van der Waals surface area contributed by atoms with Gasteiger partial charge in [-0.3, -0.25) is 19.7 Å². The van der Waals surface area contributed by atoms with Gasteiger partial charge < -0.3 is 11.1 Å². The molecule has 16 heavy (non-hydrogen) atoms. The van der Waals surface area contributed by atoms with E-state index in [9.17, 15) is 14.4 Å². The van der Waals surface area contributed by atoms with E-state index in [0.29, 0.717) is 19.4 Å². The molecule has 1 fully saturated rings. The summed E-state index contributed by atoms with van der Waals surface area (Å²) in [6.07, 6.45) is 2.54. The highest BCUT2D eigenvalue weighted by Crippen LogP contribution is 2.05. The van der Waals surface area contributed by atoms with Crippen LogP contribution in [0.1, 0.15) is 32.1 Å². The zero-order chi connectivity index (χ0) is 12.0. The quantitative estimate of drug-likeness (QED) is 0.416. The van der Waals surface area contributed by atoms with E-state index in [1.165, 1.54) is 0 Å². The summed E-state index contributed by atoms with van der Waals surface area (Å²) >= 11 is 0. The highest BCUT2D eigenvalue weighted by atomic mass is 16.2. The van der Waals surface area contributed by atoms with Crippen LogP contribution in [0.2, 0.25) is 0 Å². The summed E-state index contributed by atoms with van der Waals surface area (Å²) < 4.78 is 0. The number of carbonyl (C=O) groups is 3. The Morgan fingerprint density at radius 1 is 1.44 bits per heavy atom. The lowest BCUT2D eigenvalue weighted by Crippen LogP contribution is -2.52. The van der Waals surface area contributed by atoms with Crippen LogP contribution in [0.5, 0.6) is 0 Å². The summed E-state index contributed by atoms with van der Waals surface area (Å²) in [5.74, 6) is -0.856. The SMILES string of the molecule is NCCCCC(=O)NC1CCC(=O)NC1=O. The maximum absolute atomic E-state index is 11.4. The molecule has 0 aromatic rings. The van der Waals surface area contributed by atoms with Crippen molar-refractivity contribution < 1.29 is 14.4 Å². The number of nitrogens with one attached hydrogen (secondary N) is 2. The lowest BCUT2D eigenvalue weighted by atomic mass is 10.1. The third-order valence-corrected chi connectivity index (χ3v) is 2.43. The van der Waals surface area contributed by atoms with Crippen molar-refractivity contribution in [3.63, 3.8) is 0 Å². The average molecular weight is 227 g/mol. The van der Waals surface area contributed by atoms with E-state index in [1.807, 2.05) is 0 Å². The van der Waals surface area contributed by atoms with Crippen molar-refractivity contribution >= 4 is 17.7 Å². The molecule has 1 rings (SSSR count). The first-order chi connectivity index (χ1) is 7.63. The summed E-state index contributed by atoms with van der Waals surface area (Å²) in [6, 6.07) is -0.567. The minimum Gasteiger partial charge on any atom is -0.344 e. The zero-order valence-electron chi connectivity index (χ0n) is 9.12. The van der Waals surface area contributed by atoms with Gasteiger partial charge in [0.25, 0.3) is 0 Å². The van der Waals surface area contributed by atoms with Gasteiger partial charge in [0, 0.05) is 12.8 Å². The summed E-state index contributed by atoms with van der Waals surface area (Å²) in [5, 5.41) is 4.79. The Hall–Kier alpha value is -1.43. The summed E-state index contributed by atoms with van der Waals surface area (Å²) in [4.78, 5) is 33.6. The van der Waals surface area contributed by atoms with E-state index in [2.05, 4.69) is 10.6 Å². The molecule has 1 heterocycles. The number of unbranched alkanes of at least 4 members (excludes halogenated alkanes) is 1. The van der Waals surface area contributed by atoms with Gasteiger partial charge in [-0.25, -0.2) is 0 Å². The molecule has 1 atom stereocenters. The molecule has 90 valence electrons. The number of imide groups is 1. The molecule has 0 aromatic carbocycles. The number of rotatable bonds is 5. The van der Waals surface area contributed by atoms with Gasteiger partial charge in [-0.05, 0) is 25.8 Å². The monoisotopic (exact) mass is 227 g/mol. The van der Waals surface area contributed by atoms with Gasteiger partial charge in [0.1, 0.15) is 6.04 Å². The smallest absolute Gasteiger partial charge is 0.249 e. The van der Waals surface area contributed by atoms with Crippen LogP contribution in [-0.2, 0) is 14.4 Å². The van der Waals surface area contributed by atoms with E-state index in [4.69, 9.17) is 5.73 Å². The van der Waals surface area contributed by atoms with Gasteiger partial charge >= 0.3 is 0 Å². The molecule has 0 aliphatic carbocycles. The van der Waals surface area contributed by atoms with Gasteiger partial charge in [0.2, 0.25) is 17.7 Å². The lowest BCUT2D eigenvalue weighted by molar-refractivity contribution is -0.137. The summed E-state index contributed by atoms with van der Waals surface area (Å²) in [6.45, 7) is 0.561. The molecule has 6 nitrogen and oxygen atoms in total. The van der Waals surface area contributed by atoms with Crippen molar-refractivity contribution in [1.29, 1.82) is 0 Å². The second kappa shape index (κ2) is 6.22. The fraction of sp³-hybridized carbons (Fsp3) is 0.700. The highest BCUT2D eigenvalue weighted by Gasteiger charge is 2.27. The largest absolute Gasteiger partial charge is 0.344 e. The molecule has 1 saturated heterocycles. The highest BCUT2D eigenvalue weighted by molar-refractivity contribution is 6.01. The second-order valence-electron chi connectivity index (χ2n) is 3.82. The molecule has 3 amide bonds. The average Bonchev–Trinajstić information content (AvgIpc) is 2.23. The van der Waals surface area contributed by atoms with E-state index in [-0.39, 0.29) is 18.2 Å². The molecule has 0 aromatic heterocycles. The van der Waals surface area contributed by atoms with Gasteiger partial charge in [-0.15, -0.1) is 0 Å². The Morgan fingerprint density at radius 2 is 2.19 bits per heavy atom. The van der Waals surface area contributed by atoms with E-state index < -0.39 is 11.9 Å². The Labute approximate surface area is 93.9 Å². The van der Waals surface area contributed by atoms with Gasteiger partial charge in [0.05, 0.1) is 0 Å². The van der Waals surface area contributed by atoms with Crippen LogP contribution < -0.4 is 16.4 Å². The molecule has 4 N–H and O–H groups in total. The fourth-order valence-corrected chi connectivity index (χ4v) is 1.53. The van der Waals surface area contributed by atoms with Crippen LogP contribution in [0.4, 0.5) is 0 Å². The van der Waals surface area contributed by atoms with Crippen LogP contribution in [0.3, 0.4) is 0 Å². The summed E-state index contributed by atoms with van der Waals surface area (Å²) in [7, 11) is 0. The topological polar surface area (TPSA) is 101 Å². The van der Waals surface area contributed by atoms with E-state index >= 15 is 0 Å². The molecule has 0 radical (unpaired) electrons. The first-order valence-electron chi connectivity index (χ1n) is 5.46. The maximum Gasteiger partial charge on any atom is 0.249 e. The minimum atomic E-state index is -0.567. The summed E-state index contributed by atoms with van der Waals surface area (Å²) in [5.41, 5.74) is 5.30. The molecular formula is C10H17N3O3. The van der Waals surface area contributed by atoms with Crippen LogP contribution >= 0.6 is 0 Å². The molecule has 0 spiro atoms. The van der Waals surface area contributed by atoms with E-state index in [1.54, 1.807) is 0 Å². The molecule has 1 unspecified atom stereocenters. The third kappa shape index (κ3) is 3.98. The standard InChI is InChI=1S/C10H17N3O3/c11-6-2-1-3-8(14)12-7-4-5-9(15)13-10(7)16/h7H,1-6,11H2,(H,12,14)(H,13,15,16). The van der Waals surface area contributed by atoms with Gasteiger partial charge in [0.15, 0.2) is 0 Å². The third-order valence-electron chi connectivity index (χ3n) is 2.43. The van der Waals surface area contributed by atoms with Crippen molar-refractivity contribution in [2.24, 2.45) is 5.73 Å². The van der Waals surface area contributed by atoms with Crippen molar-refractivity contribution in [2.45, 2.75) is 38.1 Å². The molecular weight excluding hydrogens is 210 g/mol. The van der Waals surface area contributed by atoms with Gasteiger partial charge in [-0.2, -0.15) is 0 Å². The Balaban J connectivity index is 2.28. The van der Waals surface area contributed by atoms with Crippen molar-refractivity contribution in [3.8, 4) is 0 Å². The van der Waals surface area contributed by atoms with Crippen molar-refractivity contribution in [3.05, 3.63) is 0 Å². The number of hydrogen-bond acceptors (Lipinski definition) is 4. The van der Waals surface area contributed by atoms with Crippen molar-refractivity contribution in [2.75, 3.05) is 6.54 Å². The predicted octanol–water partition coefficient (Wildman–Crippen LogP) is -0.963. The van der Waals surface area contributed by atoms with Crippen LogP contribution in [0, 0.1) is 0 Å². The Kier molecular flexibility index (Phi) is 4.91. The molecule has 1 aliphatic rings. The fourth-order valence-electron chi connectivity index (χ4n) is 1.53.